The molecule has 4 rings (SSSR count). The molecule has 1 unspecified atom stereocenters. The van der Waals surface area contributed by atoms with Crippen molar-refractivity contribution in [2.75, 3.05) is 4.90 Å². The van der Waals surface area contributed by atoms with Crippen LogP contribution in [0.1, 0.15) is 28.3 Å². The van der Waals surface area contributed by atoms with Gasteiger partial charge in [0.25, 0.3) is 11.7 Å². The Morgan fingerprint density at radius 2 is 1.69 bits per heavy atom. The molecule has 0 radical (unpaired) electrons. The molecule has 1 amide bonds. The van der Waals surface area contributed by atoms with Gasteiger partial charge in [-0.25, -0.2) is 8.78 Å². The number of hydrogen-bond donors (Lipinski definition) is 2. The van der Waals surface area contributed by atoms with Crippen LogP contribution in [0.5, 0.6) is 5.75 Å². The standard InChI is InChI=1S/C25H19F2NO4/c1-13-6-7-14(2)18(10-13)23(30)21-22(15-4-3-5-17(29)11-15)28(25(32)24(21)31)16-8-9-19(26)20(27)12-16/h3-12,22,29-30H,1-2H3/b23-21+. The molecule has 1 atom stereocenters. The first kappa shape index (κ1) is 21.2. The number of rotatable bonds is 3. The number of nitrogens with zero attached hydrogens (tertiary/aromatic N) is 1. The highest BCUT2D eigenvalue weighted by Gasteiger charge is 2.47. The molecule has 1 aliphatic heterocycles. The summed E-state index contributed by atoms with van der Waals surface area (Å²) in [5.41, 5.74) is 1.94. The molecule has 3 aromatic carbocycles. The number of carbonyl (C=O) groups is 2. The first-order valence-electron chi connectivity index (χ1n) is 9.81. The molecule has 1 aliphatic rings. The van der Waals surface area contributed by atoms with Gasteiger partial charge < -0.3 is 10.2 Å². The Labute approximate surface area is 182 Å². The molecule has 0 saturated carbocycles. The number of phenols is 1. The number of aliphatic hydroxyl groups is 1. The van der Waals surface area contributed by atoms with Crippen molar-refractivity contribution in [2.24, 2.45) is 0 Å². The lowest BCUT2D eigenvalue weighted by Crippen LogP contribution is -2.29. The lowest BCUT2D eigenvalue weighted by molar-refractivity contribution is -0.132. The fourth-order valence-corrected chi connectivity index (χ4v) is 3.88. The maximum atomic E-state index is 14.0. The fraction of sp³-hybridized carbons (Fsp3) is 0.120. The molecule has 0 spiro atoms. The summed E-state index contributed by atoms with van der Waals surface area (Å²) >= 11 is 0. The third-order valence-electron chi connectivity index (χ3n) is 5.46. The summed E-state index contributed by atoms with van der Waals surface area (Å²) < 4.78 is 27.5. The van der Waals surface area contributed by atoms with Crippen LogP contribution in [0.25, 0.3) is 5.76 Å². The molecule has 1 saturated heterocycles. The zero-order valence-electron chi connectivity index (χ0n) is 17.3. The summed E-state index contributed by atoms with van der Waals surface area (Å²) in [7, 11) is 0. The number of Topliss-reactive ketones (excluding diaryl/α,β-unsaturated/α-hetero) is 1. The second kappa shape index (κ2) is 7.92. The van der Waals surface area contributed by atoms with Crippen LogP contribution >= 0.6 is 0 Å². The van der Waals surface area contributed by atoms with Crippen molar-refractivity contribution in [3.05, 3.63) is 100 Å². The zero-order valence-corrected chi connectivity index (χ0v) is 17.3. The van der Waals surface area contributed by atoms with Crippen molar-refractivity contribution < 1.29 is 28.6 Å². The van der Waals surface area contributed by atoms with Gasteiger partial charge in [0, 0.05) is 17.3 Å². The summed E-state index contributed by atoms with van der Waals surface area (Å²) in [4.78, 5) is 27.1. The van der Waals surface area contributed by atoms with Crippen molar-refractivity contribution >= 4 is 23.1 Å². The Bertz CT molecular complexity index is 1300. The Balaban J connectivity index is 2.00. The van der Waals surface area contributed by atoms with Crippen LogP contribution < -0.4 is 4.90 Å². The van der Waals surface area contributed by atoms with E-state index in [1.807, 2.05) is 13.0 Å². The third-order valence-corrected chi connectivity index (χ3v) is 5.46. The molecule has 0 bridgehead atoms. The average Bonchev–Trinajstić information content (AvgIpc) is 3.02. The Morgan fingerprint density at radius 3 is 2.38 bits per heavy atom. The first-order valence-corrected chi connectivity index (χ1v) is 9.81. The number of aliphatic hydroxyl groups excluding tert-OH is 1. The number of aromatic hydroxyl groups is 1. The molecule has 7 heteroatoms. The van der Waals surface area contributed by atoms with Gasteiger partial charge in [-0.1, -0.05) is 29.8 Å². The molecule has 1 heterocycles. The number of halogens is 2. The predicted octanol–water partition coefficient (Wildman–Crippen LogP) is 4.91. The third kappa shape index (κ3) is 3.51. The highest BCUT2D eigenvalue weighted by molar-refractivity contribution is 6.51. The van der Waals surface area contributed by atoms with Crippen molar-refractivity contribution in [2.45, 2.75) is 19.9 Å². The Kier molecular flexibility index (Phi) is 5.26. The van der Waals surface area contributed by atoms with Gasteiger partial charge in [-0.05, 0) is 55.3 Å². The van der Waals surface area contributed by atoms with Crippen LogP contribution in [0.2, 0.25) is 0 Å². The van der Waals surface area contributed by atoms with Crippen LogP contribution in [-0.2, 0) is 9.59 Å². The summed E-state index contributed by atoms with van der Waals surface area (Å²) in [6.07, 6.45) is 0. The molecular weight excluding hydrogens is 416 g/mol. The van der Waals surface area contributed by atoms with E-state index in [-0.39, 0.29) is 22.8 Å². The molecule has 1 fully saturated rings. The van der Waals surface area contributed by atoms with Crippen LogP contribution in [0.15, 0.2) is 66.2 Å². The maximum absolute atomic E-state index is 14.0. The fourth-order valence-electron chi connectivity index (χ4n) is 3.88. The molecule has 0 aliphatic carbocycles. The number of benzene rings is 3. The molecule has 5 nitrogen and oxygen atoms in total. The van der Waals surface area contributed by atoms with Crippen LogP contribution in [0.3, 0.4) is 0 Å². The number of amides is 1. The Morgan fingerprint density at radius 1 is 0.938 bits per heavy atom. The van der Waals surface area contributed by atoms with E-state index in [0.29, 0.717) is 16.7 Å². The molecule has 2 N–H and O–H groups in total. The van der Waals surface area contributed by atoms with Crippen LogP contribution in [0.4, 0.5) is 14.5 Å². The van der Waals surface area contributed by atoms with Crippen molar-refractivity contribution in [3.63, 3.8) is 0 Å². The van der Waals surface area contributed by atoms with E-state index in [0.717, 1.165) is 22.6 Å². The highest BCUT2D eigenvalue weighted by atomic mass is 19.2. The van der Waals surface area contributed by atoms with Gasteiger partial charge in [-0.2, -0.15) is 0 Å². The second-order valence-electron chi connectivity index (χ2n) is 7.68. The monoisotopic (exact) mass is 435 g/mol. The Hall–Kier alpha value is -4.00. The van der Waals surface area contributed by atoms with E-state index < -0.39 is 29.4 Å². The normalized spacial score (nSPS) is 17.8. The van der Waals surface area contributed by atoms with Gasteiger partial charge in [0.05, 0.1) is 11.6 Å². The number of carbonyl (C=O) groups excluding carboxylic acids is 2. The molecule has 0 aromatic heterocycles. The summed E-state index contributed by atoms with van der Waals surface area (Å²) in [5, 5.41) is 21.1. The van der Waals surface area contributed by atoms with E-state index in [9.17, 15) is 28.6 Å². The SMILES string of the molecule is Cc1ccc(C)c(/C(O)=C2\C(=O)C(=O)N(c3ccc(F)c(F)c3)C2c2cccc(O)c2)c1. The summed E-state index contributed by atoms with van der Waals surface area (Å²) in [6.45, 7) is 3.58. The van der Waals surface area contributed by atoms with Gasteiger partial charge in [0.15, 0.2) is 11.6 Å². The van der Waals surface area contributed by atoms with E-state index in [2.05, 4.69) is 0 Å². The lowest BCUT2D eigenvalue weighted by Gasteiger charge is -2.25. The highest BCUT2D eigenvalue weighted by Crippen LogP contribution is 2.43. The minimum absolute atomic E-state index is 0.0562. The second-order valence-corrected chi connectivity index (χ2v) is 7.68. The average molecular weight is 435 g/mol. The minimum Gasteiger partial charge on any atom is -0.508 e. The van der Waals surface area contributed by atoms with Crippen molar-refractivity contribution in [3.8, 4) is 5.75 Å². The van der Waals surface area contributed by atoms with E-state index in [1.165, 1.54) is 24.3 Å². The number of aryl methyl sites for hydroxylation is 2. The number of anilines is 1. The number of hydrogen-bond acceptors (Lipinski definition) is 4. The van der Waals surface area contributed by atoms with Gasteiger partial charge >= 0.3 is 0 Å². The van der Waals surface area contributed by atoms with Crippen molar-refractivity contribution in [1.29, 1.82) is 0 Å². The summed E-state index contributed by atoms with van der Waals surface area (Å²) in [5.74, 6) is -4.77. The smallest absolute Gasteiger partial charge is 0.300 e. The van der Waals surface area contributed by atoms with Crippen LogP contribution in [-0.4, -0.2) is 21.9 Å². The van der Waals surface area contributed by atoms with E-state index >= 15 is 0 Å². The summed E-state index contributed by atoms with van der Waals surface area (Å²) in [6, 6.07) is 12.9. The van der Waals surface area contributed by atoms with E-state index in [4.69, 9.17) is 0 Å². The predicted molar refractivity (Wildman–Crippen MR) is 115 cm³/mol. The first-order chi connectivity index (χ1) is 15.2. The maximum Gasteiger partial charge on any atom is 0.300 e. The van der Waals surface area contributed by atoms with Gasteiger partial charge in [-0.3, -0.25) is 14.5 Å². The zero-order chi connectivity index (χ0) is 23.2. The minimum atomic E-state index is -1.19. The molecule has 162 valence electrons. The molecular formula is C25H19F2NO4. The largest absolute Gasteiger partial charge is 0.508 e. The van der Waals surface area contributed by atoms with E-state index in [1.54, 1.807) is 25.1 Å². The quantitative estimate of drug-likeness (QED) is 0.348. The van der Waals surface area contributed by atoms with Crippen LogP contribution in [0, 0.1) is 25.5 Å². The van der Waals surface area contributed by atoms with Crippen molar-refractivity contribution in [1.82, 2.24) is 0 Å². The number of ketones is 1. The molecule has 3 aromatic rings. The van der Waals surface area contributed by atoms with Gasteiger partial charge in [0.1, 0.15) is 11.5 Å². The topological polar surface area (TPSA) is 77.8 Å². The molecule has 32 heavy (non-hydrogen) atoms. The lowest BCUT2D eigenvalue weighted by atomic mass is 9.93. The van der Waals surface area contributed by atoms with Gasteiger partial charge in [0.2, 0.25) is 0 Å². The number of phenolic OH excluding ortho intramolecular Hbond substituents is 1. The van der Waals surface area contributed by atoms with Gasteiger partial charge in [-0.15, -0.1) is 0 Å².